The fourth-order valence-electron chi connectivity index (χ4n) is 0.810. The molecule has 0 fully saturated rings. The van der Waals surface area contributed by atoms with Gasteiger partial charge in [-0.1, -0.05) is 0 Å². The first-order valence-electron chi connectivity index (χ1n) is 3.19. The van der Waals surface area contributed by atoms with Crippen LogP contribution in [-0.2, 0) is 14.3 Å². The van der Waals surface area contributed by atoms with Crippen LogP contribution in [0.25, 0.3) is 0 Å². The number of carboxylic acid groups (broad SMARTS) is 1. The number of hydrogen-bond donors (Lipinski definition) is 4. The Hall–Kier alpha value is -1.76. The van der Waals surface area contributed by atoms with Gasteiger partial charge < -0.3 is 25.2 Å². The van der Waals surface area contributed by atoms with Crippen molar-refractivity contribution in [2.24, 2.45) is 0 Å². The van der Waals surface area contributed by atoms with Gasteiger partial charge in [0.2, 0.25) is 5.76 Å². The van der Waals surface area contributed by atoms with Gasteiger partial charge in [0.15, 0.2) is 18.0 Å². The van der Waals surface area contributed by atoms with Crippen molar-refractivity contribution in [1.29, 1.82) is 0 Å². The number of cyclic esters (lactones) is 1. The molecule has 0 unspecified atom stereocenters. The molecule has 0 aromatic heterocycles. The first kappa shape index (κ1) is 9.33. The van der Waals surface area contributed by atoms with Crippen LogP contribution in [0.2, 0.25) is 0 Å². The highest BCUT2D eigenvalue weighted by Crippen LogP contribution is 2.21. The van der Waals surface area contributed by atoms with Crippen molar-refractivity contribution < 1.29 is 34.8 Å². The number of carboxylic acids is 1. The van der Waals surface area contributed by atoms with Gasteiger partial charge in [0, 0.05) is 0 Å². The third-order valence-electron chi connectivity index (χ3n) is 1.48. The lowest BCUT2D eigenvalue weighted by molar-refractivity contribution is -0.159. The molecule has 4 N–H and O–H groups in total. The maximum absolute atomic E-state index is 10.5. The largest absolute Gasteiger partial charge is 0.505 e. The van der Waals surface area contributed by atoms with Crippen LogP contribution in [0.15, 0.2) is 11.5 Å². The van der Waals surface area contributed by atoms with E-state index in [1.807, 2.05) is 0 Å². The number of aliphatic hydroxyl groups is 3. The molecule has 7 nitrogen and oxygen atoms in total. The zero-order chi connectivity index (χ0) is 10.2. The van der Waals surface area contributed by atoms with Crippen LogP contribution in [0.5, 0.6) is 0 Å². The molecule has 1 heterocycles. The molecule has 1 aliphatic rings. The predicted octanol–water partition coefficient (Wildman–Crippen LogP) is -1.32. The van der Waals surface area contributed by atoms with E-state index in [9.17, 15) is 9.59 Å². The van der Waals surface area contributed by atoms with E-state index in [1.165, 1.54) is 0 Å². The first-order valence-corrected chi connectivity index (χ1v) is 3.19. The lowest BCUT2D eigenvalue weighted by atomic mass is 10.2. The smallest absolute Gasteiger partial charge is 0.378 e. The Labute approximate surface area is 71.5 Å². The summed E-state index contributed by atoms with van der Waals surface area (Å²) in [6.45, 7) is 0. The van der Waals surface area contributed by atoms with Gasteiger partial charge in [0.1, 0.15) is 0 Å². The molecule has 0 bridgehead atoms. The van der Waals surface area contributed by atoms with Gasteiger partial charge >= 0.3 is 11.9 Å². The Balaban J connectivity index is 2.88. The molecular weight excluding hydrogens is 184 g/mol. The minimum Gasteiger partial charge on any atom is -0.505 e. The summed E-state index contributed by atoms with van der Waals surface area (Å²) in [5, 5.41) is 34.8. The second-order valence-corrected chi connectivity index (χ2v) is 2.34. The highest BCUT2D eigenvalue weighted by molar-refractivity contribution is 5.90. The fraction of sp³-hybridized carbons (Fsp3) is 0.333. The van der Waals surface area contributed by atoms with Crippen molar-refractivity contribution in [2.45, 2.75) is 12.2 Å². The van der Waals surface area contributed by atoms with Gasteiger partial charge in [0.25, 0.3) is 0 Å². The summed E-state index contributed by atoms with van der Waals surface area (Å²) in [7, 11) is 0. The van der Waals surface area contributed by atoms with Crippen molar-refractivity contribution >= 4 is 11.9 Å². The molecule has 0 spiro atoms. The number of carbonyl (C=O) groups excluding carboxylic acids is 1. The van der Waals surface area contributed by atoms with Crippen molar-refractivity contribution in [1.82, 2.24) is 0 Å². The Kier molecular flexibility index (Phi) is 2.11. The molecule has 0 radical (unpaired) electrons. The molecule has 0 amide bonds. The number of aliphatic hydroxyl groups excluding tert-OH is 3. The van der Waals surface area contributed by atoms with E-state index in [0.29, 0.717) is 0 Å². The molecule has 2 atom stereocenters. The van der Waals surface area contributed by atoms with Crippen molar-refractivity contribution in [3.05, 3.63) is 11.5 Å². The van der Waals surface area contributed by atoms with E-state index in [2.05, 4.69) is 4.74 Å². The molecular formula is C6H6O7. The molecule has 72 valence electrons. The topological polar surface area (TPSA) is 124 Å². The van der Waals surface area contributed by atoms with Gasteiger partial charge in [-0.2, -0.15) is 0 Å². The second kappa shape index (κ2) is 2.94. The maximum Gasteiger partial charge on any atom is 0.378 e. The average Bonchev–Trinajstić information content (AvgIpc) is 2.31. The predicted molar refractivity (Wildman–Crippen MR) is 35.8 cm³/mol. The molecule has 0 saturated heterocycles. The third kappa shape index (κ3) is 1.41. The van der Waals surface area contributed by atoms with Crippen molar-refractivity contribution in [2.75, 3.05) is 0 Å². The molecule has 0 aromatic carbocycles. The lowest BCUT2D eigenvalue weighted by Crippen LogP contribution is -2.35. The second-order valence-electron chi connectivity index (χ2n) is 2.34. The summed E-state index contributed by atoms with van der Waals surface area (Å²) in [6, 6.07) is 0. The summed E-state index contributed by atoms with van der Waals surface area (Å²) in [6.07, 6.45) is -3.82. The van der Waals surface area contributed by atoms with Crippen LogP contribution in [-0.4, -0.2) is 44.6 Å². The molecule has 1 aliphatic heterocycles. The van der Waals surface area contributed by atoms with Crippen LogP contribution >= 0.6 is 0 Å². The highest BCUT2D eigenvalue weighted by Gasteiger charge is 2.42. The van der Waals surface area contributed by atoms with E-state index >= 15 is 0 Å². The van der Waals surface area contributed by atoms with E-state index < -0.39 is 35.7 Å². The zero-order valence-corrected chi connectivity index (χ0v) is 6.17. The number of hydrogen-bond acceptors (Lipinski definition) is 6. The number of carbonyl (C=O) groups is 2. The highest BCUT2D eigenvalue weighted by atomic mass is 16.6. The van der Waals surface area contributed by atoms with Crippen LogP contribution in [0.1, 0.15) is 0 Å². The molecule has 0 saturated carbocycles. The van der Waals surface area contributed by atoms with E-state index in [1.54, 1.807) is 0 Å². The minimum absolute atomic E-state index is 0.972. The van der Waals surface area contributed by atoms with Gasteiger partial charge in [-0.05, 0) is 0 Å². The fourth-order valence-corrected chi connectivity index (χ4v) is 0.810. The molecule has 13 heavy (non-hydrogen) atoms. The zero-order valence-electron chi connectivity index (χ0n) is 6.17. The van der Waals surface area contributed by atoms with E-state index in [-0.39, 0.29) is 0 Å². The number of rotatable bonds is 2. The Morgan fingerprint density at radius 3 is 2.31 bits per heavy atom. The SMILES string of the molecule is O=C1O[C@H]([C@@H](O)C(=O)O)C(O)=C1O. The van der Waals surface area contributed by atoms with Gasteiger partial charge in [-0.25, -0.2) is 9.59 Å². The number of ether oxygens (including phenoxy) is 1. The first-order chi connectivity index (χ1) is 5.95. The molecule has 0 aliphatic carbocycles. The summed E-state index contributed by atoms with van der Waals surface area (Å²) in [4.78, 5) is 20.7. The summed E-state index contributed by atoms with van der Waals surface area (Å²) < 4.78 is 4.17. The normalized spacial score (nSPS) is 24.4. The lowest BCUT2D eigenvalue weighted by Gasteiger charge is -2.12. The third-order valence-corrected chi connectivity index (χ3v) is 1.48. The van der Waals surface area contributed by atoms with Crippen LogP contribution in [0.3, 0.4) is 0 Å². The Morgan fingerprint density at radius 2 is 2.00 bits per heavy atom. The average molecular weight is 190 g/mol. The summed E-state index contributed by atoms with van der Waals surface area (Å²) >= 11 is 0. The Bertz CT molecular complexity index is 291. The summed E-state index contributed by atoms with van der Waals surface area (Å²) in [5.41, 5.74) is 0. The van der Waals surface area contributed by atoms with Crippen LogP contribution in [0, 0.1) is 0 Å². The maximum atomic E-state index is 10.5. The number of aliphatic carboxylic acids is 1. The standard InChI is InChI=1S/C6H6O7/c7-1-2(8)6(12)13-4(1)3(9)5(10)11/h3-4,7-9H,(H,10,11)/t3-,4+/m1/s1. The van der Waals surface area contributed by atoms with Crippen molar-refractivity contribution in [3.63, 3.8) is 0 Å². The quantitative estimate of drug-likeness (QED) is 0.398. The monoisotopic (exact) mass is 190 g/mol. The minimum atomic E-state index is -2.09. The molecule has 0 aromatic rings. The van der Waals surface area contributed by atoms with Gasteiger partial charge in [0.05, 0.1) is 0 Å². The van der Waals surface area contributed by atoms with Gasteiger partial charge in [-0.3, -0.25) is 0 Å². The molecule has 7 heteroatoms. The van der Waals surface area contributed by atoms with Crippen LogP contribution < -0.4 is 0 Å². The summed E-state index contributed by atoms with van der Waals surface area (Å²) in [5.74, 6) is -4.98. The van der Waals surface area contributed by atoms with Gasteiger partial charge in [-0.15, -0.1) is 0 Å². The van der Waals surface area contributed by atoms with Crippen LogP contribution in [0.4, 0.5) is 0 Å². The Morgan fingerprint density at radius 1 is 1.46 bits per heavy atom. The van der Waals surface area contributed by atoms with E-state index in [4.69, 9.17) is 20.4 Å². The molecule has 1 rings (SSSR count). The number of esters is 1. The van der Waals surface area contributed by atoms with E-state index in [0.717, 1.165) is 0 Å². The van der Waals surface area contributed by atoms with Crippen molar-refractivity contribution in [3.8, 4) is 0 Å².